The van der Waals surface area contributed by atoms with Gasteiger partial charge >= 0.3 is 0 Å². The number of benzene rings is 1. The third-order valence-corrected chi connectivity index (χ3v) is 3.46. The fourth-order valence-corrected chi connectivity index (χ4v) is 2.09. The van der Waals surface area contributed by atoms with Crippen molar-refractivity contribution in [1.29, 1.82) is 0 Å². The molecule has 2 rings (SSSR count). The van der Waals surface area contributed by atoms with Crippen molar-refractivity contribution in [3.05, 3.63) is 51.9 Å². The van der Waals surface area contributed by atoms with Crippen LogP contribution in [0.3, 0.4) is 0 Å². The molecule has 1 N–H and O–H groups in total. The Morgan fingerprint density at radius 2 is 2.05 bits per heavy atom. The number of rotatable bonds is 5. The van der Waals surface area contributed by atoms with Crippen LogP contribution in [0.5, 0.6) is 11.6 Å². The van der Waals surface area contributed by atoms with Crippen LogP contribution in [0.1, 0.15) is 25.1 Å². The molecule has 0 radical (unpaired) electrons. The maximum Gasteiger partial charge on any atom is 0.219 e. The summed E-state index contributed by atoms with van der Waals surface area (Å²) < 4.78 is 19.5. The molecule has 0 fully saturated rings. The van der Waals surface area contributed by atoms with Crippen molar-refractivity contribution in [2.45, 2.75) is 33.4 Å². The molecule has 112 valence electrons. The summed E-state index contributed by atoms with van der Waals surface area (Å²) in [6.07, 6.45) is 0. The van der Waals surface area contributed by atoms with E-state index in [9.17, 15) is 4.39 Å². The quantitative estimate of drug-likeness (QED) is 0.854. The summed E-state index contributed by atoms with van der Waals surface area (Å²) in [5, 5.41) is 3.35. The Bertz CT molecular complexity index is 632. The minimum Gasteiger partial charge on any atom is -0.439 e. The van der Waals surface area contributed by atoms with E-state index >= 15 is 0 Å². The van der Waals surface area contributed by atoms with Crippen molar-refractivity contribution in [1.82, 2.24) is 10.3 Å². The summed E-state index contributed by atoms with van der Waals surface area (Å²) in [5.74, 6) is 0.538. The van der Waals surface area contributed by atoms with Crippen LogP contribution in [0.2, 0.25) is 0 Å². The minimum atomic E-state index is -0.359. The molecule has 0 amide bonds. The van der Waals surface area contributed by atoms with Gasteiger partial charge in [0.15, 0.2) is 0 Å². The van der Waals surface area contributed by atoms with Gasteiger partial charge in [0.25, 0.3) is 0 Å². The molecule has 0 saturated heterocycles. The molecule has 0 saturated carbocycles. The van der Waals surface area contributed by atoms with E-state index in [2.05, 4.69) is 40.1 Å². The Hall–Kier alpha value is -1.46. The monoisotopic (exact) mass is 352 g/mol. The van der Waals surface area contributed by atoms with E-state index in [-0.39, 0.29) is 5.82 Å². The molecule has 0 spiro atoms. The topological polar surface area (TPSA) is 34.1 Å². The fourth-order valence-electron chi connectivity index (χ4n) is 1.84. The second kappa shape index (κ2) is 7.00. The zero-order valence-electron chi connectivity index (χ0n) is 12.3. The van der Waals surface area contributed by atoms with Gasteiger partial charge in [0.1, 0.15) is 11.6 Å². The van der Waals surface area contributed by atoms with Gasteiger partial charge in [-0.15, -0.1) is 0 Å². The Labute approximate surface area is 132 Å². The average Bonchev–Trinajstić information content (AvgIpc) is 2.40. The summed E-state index contributed by atoms with van der Waals surface area (Å²) in [4.78, 5) is 4.32. The van der Waals surface area contributed by atoms with E-state index in [1.807, 2.05) is 19.1 Å². The third-order valence-electron chi connectivity index (χ3n) is 2.82. The van der Waals surface area contributed by atoms with Crippen molar-refractivity contribution in [2.24, 2.45) is 0 Å². The Balaban J connectivity index is 2.17. The first-order chi connectivity index (χ1) is 9.94. The lowest BCUT2D eigenvalue weighted by Crippen LogP contribution is -2.21. The molecular weight excluding hydrogens is 335 g/mol. The number of nitrogens with one attached hydrogen (secondary N) is 1. The molecule has 1 aromatic heterocycles. The number of halogens is 2. The van der Waals surface area contributed by atoms with Crippen molar-refractivity contribution >= 4 is 15.9 Å². The van der Waals surface area contributed by atoms with Crippen molar-refractivity contribution in [2.75, 3.05) is 0 Å². The van der Waals surface area contributed by atoms with Crippen LogP contribution in [-0.2, 0) is 6.54 Å². The van der Waals surface area contributed by atoms with Crippen molar-refractivity contribution < 1.29 is 9.13 Å². The first kappa shape index (κ1) is 15.9. The molecule has 0 atom stereocenters. The smallest absolute Gasteiger partial charge is 0.219 e. The van der Waals surface area contributed by atoms with Crippen LogP contribution in [0.15, 0.2) is 34.8 Å². The van der Waals surface area contributed by atoms with E-state index < -0.39 is 0 Å². The van der Waals surface area contributed by atoms with Gasteiger partial charge in [0, 0.05) is 30.4 Å². The molecule has 2 aromatic rings. The normalized spacial score (nSPS) is 11.0. The van der Waals surface area contributed by atoms with Gasteiger partial charge < -0.3 is 10.1 Å². The lowest BCUT2D eigenvalue weighted by atomic mass is 10.2. The number of nitrogens with zero attached hydrogens (tertiary/aromatic N) is 1. The lowest BCUT2D eigenvalue weighted by Gasteiger charge is -2.11. The molecule has 1 aromatic carbocycles. The molecule has 5 heteroatoms. The van der Waals surface area contributed by atoms with Crippen LogP contribution in [0.25, 0.3) is 0 Å². The summed E-state index contributed by atoms with van der Waals surface area (Å²) in [7, 11) is 0. The molecular formula is C16H18BrFN2O. The summed E-state index contributed by atoms with van der Waals surface area (Å²) in [5.41, 5.74) is 1.95. The van der Waals surface area contributed by atoms with Gasteiger partial charge in [-0.2, -0.15) is 0 Å². The highest BCUT2D eigenvalue weighted by atomic mass is 79.9. The molecule has 1 heterocycles. The average molecular weight is 353 g/mol. The third kappa shape index (κ3) is 4.79. The summed E-state index contributed by atoms with van der Waals surface area (Å²) in [6, 6.07) is 8.92. The second-order valence-electron chi connectivity index (χ2n) is 5.17. The van der Waals surface area contributed by atoms with Gasteiger partial charge in [-0.3, -0.25) is 0 Å². The van der Waals surface area contributed by atoms with Gasteiger partial charge in [0.2, 0.25) is 5.88 Å². The predicted octanol–water partition coefficient (Wildman–Crippen LogP) is 4.58. The van der Waals surface area contributed by atoms with Gasteiger partial charge in [-0.1, -0.05) is 13.8 Å². The fraction of sp³-hybridized carbons (Fsp3) is 0.312. The Morgan fingerprint density at radius 1 is 1.29 bits per heavy atom. The SMILES string of the molecule is Cc1cc(CNC(C)C)cc(Oc2ccc(Br)c(F)c2)n1. The van der Waals surface area contributed by atoms with Crippen LogP contribution >= 0.6 is 15.9 Å². The van der Waals surface area contributed by atoms with E-state index in [0.717, 1.165) is 17.8 Å². The molecule has 0 aliphatic carbocycles. The van der Waals surface area contributed by atoms with E-state index in [4.69, 9.17) is 4.74 Å². The van der Waals surface area contributed by atoms with Crippen molar-refractivity contribution in [3.63, 3.8) is 0 Å². The summed E-state index contributed by atoms with van der Waals surface area (Å²) >= 11 is 3.12. The maximum absolute atomic E-state index is 13.5. The van der Waals surface area contributed by atoms with Gasteiger partial charge in [0.05, 0.1) is 4.47 Å². The minimum absolute atomic E-state index is 0.359. The zero-order chi connectivity index (χ0) is 15.4. The maximum atomic E-state index is 13.5. The highest BCUT2D eigenvalue weighted by molar-refractivity contribution is 9.10. The van der Waals surface area contributed by atoms with E-state index in [1.54, 1.807) is 12.1 Å². The molecule has 0 aliphatic heterocycles. The first-order valence-corrected chi connectivity index (χ1v) is 7.57. The van der Waals surface area contributed by atoms with Gasteiger partial charge in [-0.05, 0) is 46.6 Å². The van der Waals surface area contributed by atoms with Crippen LogP contribution in [0.4, 0.5) is 4.39 Å². The largest absolute Gasteiger partial charge is 0.439 e. The lowest BCUT2D eigenvalue weighted by molar-refractivity contribution is 0.455. The Morgan fingerprint density at radius 3 is 2.71 bits per heavy atom. The number of aryl methyl sites for hydroxylation is 1. The number of aromatic nitrogens is 1. The van der Waals surface area contributed by atoms with E-state index in [1.165, 1.54) is 6.07 Å². The van der Waals surface area contributed by atoms with E-state index in [0.29, 0.717) is 22.1 Å². The highest BCUT2D eigenvalue weighted by Crippen LogP contribution is 2.25. The molecule has 3 nitrogen and oxygen atoms in total. The van der Waals surface area contributed by atoms with Crippen LogP contribution in [0, 0.1) is 12.7 Å². The summed E-state index contributed by atoms with van der Waals surface area (Å²) in [6.45, 7) is 6.84. The molecule has 0 aliphatic rings. The number of pyridine rings is 1. The molecule has 0 bridgehead atoms. The Kier molecular flexibility index (Phi) is 5.31. The van der Waals surface area contributed by atoms with Crippen molar-refractivity contribution in [3.8, 4) is 11.6 Å². The number of hydrogen-bond acceptors (Lipinski definition) is 3. The van der Waals surface area contributed by atoms with Gasteiger partial charge in [-0.25, -0.2) is 9.37 Å². The predicted molar refractivity (Wildman–Crippen MR) is 85.1 cm³/mol. The number of ether oxygens (including phenoxy) is 1. The standard InChI is InChI=1S/C16H18BrFN2O/c1-10(2)19-9-12-6-11(3)20-16(7-12)21-13-4-5-14(17)15(18)8-13/h4-8,10,19H,9H2,1-3H3. The molecule has 21 heavy (non-hydrogen) atoms. The number of hydrogen-bond donors (Lipinski definition) is 1. The second-order valence-corrected chi connectivity index (χ2v) is 6.02. The first-order valence-electron chi connectivity index (χ1n) is 6.78. The molecule has 0 unspecified atom stereocenters. The van der Waals surface area contributed by atoms with Crippen LogP contribution in [-0.4, -0.2) is 11.0 Å². The zero-order valence-corrected chi connectivity index (χ0v) is 13.9. The van der Waals surface area contributed by atoms with Crippen LogP contribution < -0.4 is 10.1 Å². The highest BCUT2D eigenvalue weighted by Gasteiger charge is 2.06.